The first kappa shape index (κ1) is 9.06. The molecule has 1 aromatic rings. The fraction of sp³-hybridized carbons (Fsp3) is 0.364. The standard InChI is InChI=1S/C11H14N2O/c1-7(2)13-10(14)6-8-4-3-5-9(12)11(8)13/h3-5,7H,6,12H2,1-2H3. The largest absolute Gasteiger partial charge is 0.397 e. The third kappa shape index (κ3) is 1.16. The number of benzene rings is 1. The molecule has 3 nitrogen and oxygen atoms in total. The number of fused-ring (bicyclic) bond motifs is 1. The monoisotopic (exact) mass is 190 g/mol. The molecule has 74 valence electrons. The molecule has 0 fully saturated rings. The van der Waals surface area contributed by atoms with Crippen molar-refractivity contribution >= 4 is 17.3 Å². The van der Waals surface area contributed by atoms with E-state index in [0.29, 0.717) is 12.1 Å². The Morgan fingerprint density at radius 2 is 2.14 bits per heavy atom. The van der Waals surface area contributed by atoms with Crippen LogP contribution in [0.3, 0.4) is 0 Å². The number of hydrogen-bond donors (Lipinski definition) is 1. The fourth-order valence-electron chi connectivity index (χ4n) is 1.97. The molecule has 0 saturated heterocycles. The summed E-state index contributed by atoms with van der Waals surface area (Å²) in [6.45, 7) is 4.00. The molecule has 0 unspecified atom stereocenters. The van der Waals surface area contributed by atoms with Crippen LogP contribution >= 0.6 is 0 Å². The maximum atomic E-state index is 11.7. The topological polar surface area (TPSA) is 46.3 Å². The molecule has 1 aromatic carbocycles. The van der Waals surface area contributed by atoms with Crippen LogP contribution in [0.25, 0.3) is 0 Å². The third-order valence-electron chi connectivity index (χ3n) is 2.52. The van der Waals surface area contributed by atoms with Crippen molar-refractivity contribution < 1.29 is 4.79 Å². The highest BCUT2D eigenvalue weighted by molar-refractivity contribution is 6.04. The first-order chi connectivity index (χ1) is 6.61. The maximum absolute atomic E-state index is 11.7. The van der Waals surface area contributed by atoms with Crippen molar-refractivity contribution in [3.63, 3.8) is 0 Å². The Kier molecular flexibility index (Phi) is 1.95. The Hall–Kier alpha value is -1.51. The van der Waals surface area contributed by atoms with Crippen LogP contribution in [0.4, 0.5) is 11.4 Å². The molecule has 0 atom stereocenters. The number of hydrogen-bond acceptors (Lipinski definition) is 2. The van der Waals surface area contributed by atoms with Crippen LogP contribution in [0, 0.1) is 0 Å². The smallest absolute Gasteiger partial charge is 0.231 e. The molecule has 0 aliphatic carbocycles. The Morgan fingerprint density at radius 3 is 2.79 bits per heavy atom. The van der Waals surface area contributed by atoms with Crippen molar-refractivity contribution in [3.05, 3.63) is 23.8 Å². The van der Waals surface area contributed by atoms with Crippen molar-refractivity contribution in [2.24, 2.45) is 0 Å². The van der Waals surface area contributed by atoms with Gasteiger partial charge in [0.1, 0.15) is 0 Å². The molecule has 1 aliphatic heterocycles. The lowest BCUT2D eigenvalue weighted by molar-refractivity contribution is -0.117. The molecule has 3 heteroatoms. The summed E-state index contributed by atoms with van der Waals surface area (Å²) in [6.07, 6.45) is 0.485. The Labute approximate surface area is 83.5 Å². The first-order valence-corrected chi connectivity index (χ1v) is 4.80. The van der Waals surface area contributed by atoms with E-state index in [2.05, 4.69) is 0 Å². The molecule has 1 amide bonds. The molecule has 0 radical (unpaired) electrons. The van der Waals surface area contributed by atoms with Gasteiger partial charge in [0, 0.05) is 6.04 Å². The molecule has 1 aliphatic rings. The van der Waals surface area contributed by atoms with E-state index in [-0.39, 0.29) is 11.9 Å². The highest BCUT2D eigenvalue weighted by atomic mass is 16.2. The van der Waals surface area contributed by atoms with Crippen molar-refractivity contribution in [1.29, 1.82) is 0 Å². The summed E-state index contributed by atoms with van der Waals surface area (Å²) in [7, 11) is 0. The van der Waals surface area contributed by atoms with E-state index >= 15 is 0 Å². The van der Waals surface area contributed by atoms with Crippen LogP contribution in [0.2, 0.25) is 0 Å². The number of carbonyl (C=O) groups excluding carboxylic acids is 1. The van der Waals surface area contributed by atoms with Gasteiger partial charge in [-0.3, -0.25) is 4.79 Å². The minimum atomic E-state index is 0.146. The zero-order valence-corrected chi connectivity index (χ0v) is 8.45. The van der Waals surface area contributed by atoms with E-state index < -0.39 is 0 Å². The second-order valence-electron chi connectivity index (χ2n) is 3.89. The van der Waals surface area contributed by atoms with Crippen LogP contribution < -0.4 is 10.6 Å². The normalized spacial score (nSPS) is 15.1. The summed E-state index contributed by atoms with van der Waals surface area (Å²) in [5.74, 6) is 0.146. The van der Waals surface area contributed by atoms with Crippen LogP contribution in [0.1, 0.15) is 19.4 Å². The molecule has 0 spiro atoms. The highest BCUT2D eigenvalue weighted by Gasteiger charge is 2.30. The lowest BCUT2D eigenvalue weighted by Gasteiger charge is -2.23. The number of amides is 1. The molecular formula is C11H14N2O. The van der Waals surface area contributed by atoms with Gasteiger partial charge in [-0.25, -0.2) is 0 Å². The van der Waals surface area contributed by atoms with E-state index in [0.717, 1.165) is 11.3 Å². The van der Waals surface area contributed by atoms with Gasteiger partial charge in [0.05, 0.1) is 17.8 Å². The van der Waals surface area contributed by atoms with E-state index in [9.17, 15) is 4.79 Å². The zero-order chi connectivity index (χ0) is 10.3. The van der Waals surface area contributed by atoms with E-state index in [1.807, 2.05) is 32.0 Å². The van der Waals surface area contributed by atoms with Gasteiger partial charge in [0.25, 0.3) is 0 Å². The molecule has 0 bridgehead atoms. The minimum absolute atomic E-state index is 0.146. The Balaban J connectivity index is 2.55. The molecule has 2 rings (SSSR count). The lowest BCUT2D eigenvalue weighted by Crippen LogP contribution is -2.33. The van der Waals surface area contributed by atoms with Crippen LogP contribution in [0.15, 0.2) is 18.2 Å². The summed E-state index contributed by atoms with van der Waals surface area (Å²) in [6, 6.07) is 5.87. The van der Waals surface area contributed by atoms with Gasteiger partial charge in [-0.1, -0.05) is 12.1 Å². The fourth-order valence-corrected chi connectivity index (χ4v) is 1.97. The SMILES string of the molecule is CC(C)N1C(=O)Cc2cccc(N)c21. The zero-order valence-electron chi connectivity index (χ0n) is 8.45. The van der Waals surface area contributed by atoms with Crippen molar-refractivity contribution in [2.45, 2.75) is 26.3 Å². The summed E-state index contributed by atoms with van der Waals surface area (Å²) < 4.78 is 0. The van der Waals surface area contributed by atoms with E-state index in [1.54, 1.807) is 4.90 Å². The number of nitrogens with zero attached hydrogens (tertiary/aromatic N) is 1. The average Bonchev–Trinajstić information content (AvgIpc) is 2.42. The first-order valence-electron chi connectivity index (χ1n) is 4.80. The number of carbonyl (C=O) groups is 1. The number of nitrogens with two attached hydrogens (primary N) is 1. The summed E-state index contributed by atoms with van der Waals surface area (Å²) in [4.78, 5) is 13.5. The second kappa shape index (κ2) is 3.01. The predicted octanol–water partition coefficient (Wildman–Crippen LogP) is 1.57. The predicted molar refractivity (Wildman–Crippen MR) is 57.2 cm³/mol. The van der Waals surface area contributed by atoms with Gasteiger partial charge in [-0.15, -0.1) is 0 Å². The summed E-state index contributed by atoms with van der Waals surface area (Å²) in [5, 5.41) is 0. The average molecular weight is 190 g/mol. The second-order valence-corrected chi connectivity index (χ2v) is 3.89. The van der Waals surface area contributed by atoms with Gasteiger partial charge in [0.2, 0.25) is 5.91 Å². The molecule has 0 aromatic heterocycles. The van der Waals surface area contributed by atoms with E-state index in [4.69, 9.17) is 5.73 Å². The van der Waals surface area contributed by atoms with Crippen LogP contribution in [-0.4, -0.2) is 11.9 Å². The Morgan fingerprint density at radius 1 is 1.43 bits per heavy atom. The Bertz CT molecular complexity index is 385. The van der Waals surface area contributed by atoms with Gasteiger partial charge in [0.15, 0.2) is 0 Å². The van der Waals surface area contributed by atoms with Gasteiger partial charge in [-0.05, 0) is 25.5 Å². The summed E-state index contributed by atoms with van der Waals surface area (Å²) in [5.41, 5.74) is 8.52. The van der Waals surface area contributed by atoms with Crippen molar-refractivity contribution in [3.8, 4) is 0 Å². The minimum Gasteiger partial charge on any atom is -0.397 e. The van der Waals surface area contributed by atoms with Gasteiger partial charge in [-0.2, -0.15) is 0 Å². The van der Waals surface area contributed by atoms with Gasteiger partial charge >= 0.3 is 0 Å². The molecule has 1 heterocycles. The lowest BCUT2D eigenvalue weighted by atomic mass is 10.1. The van der Waals surface area contributed by atoms with Crippen LogP contribution in [0.5, 0.6) is 0 Å². The van der Waals surface area contributed by atoms with Crippen LogP contribution in [-0.2, 0) is 11.2 Å². The van der Waals surface area contributed by atoms with E-state index in [1.165, 1.54) is 0 Å². The molecule has 0 saturated carbocycles. The summed E-state index contributed by atoms with van der Waals surface area (Å²) >= 11 is 0. The number of rotatable bonds is 1. The number of para-hydroxylation sites is 1. The highest BCUT2D eigenvalue weighted by Crippen LogP contribution is 2.35. The number of anilines is 2. The van der Waals surface area contributed by atoms with Crippen molar-refractivity contribution in [1.82, 2.24) is 0 Å². The van der Waals surface area contributed by atoms with Crippen molar-refractivity contribution in [2.75, 3.05) is 10.6 Å². The molecule has 14 heavy (non-hydrogen) atoms. The number of nitrogen functional groups attached to an aromatic ring is 1. The maximum Gasteiger partial charge on any atom is 0.231 e. The molecule has 2 N–H and O–H groups in total. The third-order valence-corrected chi connectivity index (χ3v) is 2.52. The molecular weight excluding hydrogens is 176 g/mol. The quantitative estimate of drug-likeness (QED) is 0.683. The van der Waals surface area contributed by atoms with Gasteiger partial charge < -0.3 is 10.6 Å².